The van der Waals surface area contributed by atoms with Crippen molar-refractivity contribution >= 4 is 33.8 Å². The van der Waals surface area contributed by atoms with E-state index in [0.29, 0.717) is 22.1 Å². The Kier molecular flexibility index (Phi) is 4.29. The Bertz CT molecular complexity index is 655. The minimum absolute atomic E-state index is 0.0182. The summed E-state index contributed by atoms with van der Waals surface area (Å²) < 4.78 is 14.3. The highest BCUT2D eigenvalue weighted by molar-refractivity contribution is 9.10. The summed E-state index contributed by atoms with van der Waals surface area (Å²) in [6.45, 7) is 0. The van der Waals surface area contributed by atoms with E-state index < -0.39 is 11.6 Å². The van der Waals surface area contributed by atoms with Gasteiger partial charge in [0.05, 0.1) is 5.56 Å². The lowest BCUT2D eigenvalue weighted by Crippen LogP contribution is -2.13. The van der Waals surface area contributed by atoms with Gasteiger partial charge in [0.15, 0.2) is 5.78 Å². The van der Waals surface area contributed by atoms with Crippen LogP contribution in [0.4, 0.5) is 10.1 Å². The number of benzene rings is 2. The predicted octanol–water partition coefficient (Wildman–Crippen LogP) is 3.41. The molecular formula is C15H11BrFNO2. The molecule has 0 bridgehead atoms. The van der Waals surface area contributed by atoms with Crippen molar-refractivity contribution in [1.29, 1.82) is 0 Å². The molecule has 0 unspecified atom stereocenters. The van der Waals surface area contributed by atoms with Crippen LogP contribution >= 0.6 is 15.9 Å². The molecule has 1 amide bonds. The van der Waals surface area contributed by atoms with E-state index in [9.17, 15) is 14.0 Å². The van der Waals surface area contributed by atoms with Crippen molar-refractivity contribution < 1.29 is 14.0 Å². The molecule has 0 saturated heterocycles. The van der Waals surface area contributed by atoms with E-state index in [1.165, 1.54) is 17.0 Å². The van der Waals surface area contributed by atoms with E-state index in [1.54, 1.807) is 37.4 Å². The minimum Gasteiger partial charge on any atom is -0.318 e. The number of nitrogens with zero attached hydrogens (tertiary/aromatic N) is 1. The Hall–Kier alpha value is -2.01. The van der Waals surface area contributed by atoms with Crippen LogP contribution in [-0.2, 0) is 4.79 Å². The van der Waals surface area contributed by atoms with Crippen LogP contribution in [0.1, 0.15) is 15.9 Å². The van der Waals surface area contributed by atoms with Crippen molar-refractivity contribution in [2.24, 2.45) is 0 Å². The van der Waals surface area contributed by atoms with Gasteiger partial charge < -0.3 is 4.90 Å². The zero-order valence-electron chi connectivity index (χ0n) is 10.6. The molecule has 2 rings (SSSR count). The summed E-state index contributed by atoms with van der Waals surface area (Å²) in [5.41, 5.74) is 1.05. The van der Waals surface area contributed by atoms with Crippen LogP contribution in [-0.4, -0.2) is 19.2 Å². The maximum atomic E-state index is 13.7. The number of carbonyl (C=O) groups excluding carboxylic acids is 2. The molecule has 0 aliphatic carbocycles. The molecule has 0 aliphatic rings. The maximum Gasteiger partial charge on any atom is 0.213 e. The first kappa shape index (κ1) is 14.4. The topological polar surface area (TPSA) is 37.4 Å². The average molecular weight is 336 g/mol. The standard InChI is InChI=1S/C15H11BrFNO2/c1-18(9-19)12-5-2-10(3-6-12)15(20)13-7-4-11(16)8-14(13)17/h2-9H,1H3. The largest absolute Gasteiger partial charge is 0.318 e. The Balaban J connectivity index is 2.31. The summed E-state index contributed by atoms with van der Waals surface area (Å²) in [5.74, 6) is -0.964. The van der Waals surface area contributed by atoms with E-state index in [4.69, 9.17) is 0 Å². The van der Waals surface area contributed by atoms with Crippen LogP contribution in [0.3, 0.4) is 0 Å². The van der Waals surface area contributed by atoms with Gasteiger partial charge in [-0.3, -0.25) is 9.59 Å². The predicted molar refractivity (Wildman–Crippen MR) is 78.4 cm³/mol. The highest BCUT2D eigenvalue weighted by Crippen LogP contribution is 2.20. The molecule has 0 radical (unpaired) electrons. The number of carbonyl (C=O) groups is 2. The summed E-state index contributed by atoms with van der Waals surface area (Å²) in [5, 5.41) is 0. The molecule has 0 aliphatic heterocycles. The van der Waals surface area contributed by atoms with Gasteiger partial charge in [-0.2, -0.15) is 0 Å². The Morgan fingerprint density at radius 3 is 2.40 bits per heavy atom. The molecule has 0 heterocycles. The maximum absolute atomic E-state index is 13.7. The number of amides is 1. The molecular weight excluding hydrogens is 325 g/mol. The van der Waals surface area contributed by atoms with Crippen molar-refractivity contribution in [1.82, 2.24) is 0 Å². The van der Waals surface area contributed by atoms with Crippen LogP contribution in [0.2, 0.25) is 0 Å². The van der Waals surface area contributed by atoms with Crippen LogP contribution in [0.15, 0.2) is 46.9 Å². The molecule has 5 heteroatoms. The van der Waals surface area contributed by atoms with Crippen LogP contribution < -0.4 is 4.90 Å². The van der Waals surface area contributed by atoms with Gasteiger partial charge in [0.1, 0.15) is 5.82 Å². The SMILES string of the molecule is CN(C=O)c1ccc(C(=O)c2ccc(Br)cc2F)cc1. The summed E-state index contributed by atoms with van der Waals surface area (Å²) >= 11 is 3.15. The Morgan fingerprint density at radius 1 is 1.20 bits per heavy atom. The van der Waals surface area contributed by atoms with Gasteiger partial charge in [-0.25, -0.2) is 4.39 Å². The summed E-state index contributed by atoms with van der Waals surface area (Å²) in [4.78, 5) is 24.2. The highest BCUT2D eigenvalue weighted by Gasteiger charge is 2.14. The van der Waals surface area contributed by atoms with Crippen molar-refractivity contribution in [3.8, 4) is 0 Å². The van der Waals surface area contributed by atoms with E-state index in [2.05, 4.69) is 15.9 Å². The molecule has 0 N–H and O–H groups in total. The highest BCUT2D eigenvalue weighted by atomic mass is 79.9. The van der Waals surface area contributed by atoms with E-state index >= 15 is 0 Å². The normalized spacial score (nSPS) is 10.2. The number of ketones is 1. The third-order valence-electron chi connectivity index (χ3n) is 2.87. The minimum atomic E-state index is -0.571. The monoisotopic (exact) mass is 335 g/mol. The lowest BCUT2D eigenvalue weighted by Gasteiger charge is -2.11. The van der Waals surface area contributed by atoms with Crippen LogP contribution in [0, 0.1) is 5.82 Å². The fourth-order valence-electron chi connectivity index (χ4n) is 1.74. The quantitative estimate of drug-likeness (QED) is 0.634. The molecule has 0 atom stereocenters. The second-order valence-electron chi connectivity index (χ2n) is 4.22. The number of rotatable bonds is 4. The first-order valence-electron chi connectivity index (χ1n) is 5.81. The fourth-order valence-corrected chi connectivity index (χ4v) is 2.07. The number of anilines is 1. The second-order valence-corrected chi connectivity index (χ2v) is 5.13. The van der Waals surface area contributed by atoms with Crippen molar-refractivity contribution in [2.45, 2.75) is 0 Å². The van der Waals surface area contributed by atoms with Gasteiger partial charge in [-0.1, -0.05) is 15.9 Å². The van der Waals surface area contributed by atoms with Crippen molar-refractivity contribution in [3.63, 3.8) is 0 Å². The lowest BCUT2D eigenvalue weighted by atomic mass is 10.0. The Labute approximate surface area is 124 Å². The average Bonchev–Trinajstić information content (AvgIpc) is 2.46. The number of hydrogen-bond donors (Lipinski definition) is 0. The van der Waals surface area contributed by atoms with E-state index in [-0.39, 0.29) is 5.56 Å². The summed E-state index contributed by atoms with van der Waals surface area (Å²) in [6.07, 6.45) is 0.672. The van der Waals surface area contributed by atoms with Gasteiger partial charge >= 0.3 is 0 Å². The first-order valence-corrected chi connectivity index (χ1v) is 6.60. The van der Waals surface area contributed by atoms with E-state index in [0.717, 1.165) is 0 Å². The molecule has 0 aromatic heterocycles. The Morgan fingerprint density at radius 2 is 1.85 bits per heavy atom. The molecule has 3 nitrogen and oxygen atoms in total. The van der Waals surface area contributed by atoms with Crippen LogP contribution in [0.5, 0.6) is 0 Å². The van der Waals surface area contributed by atoms with Gasteiger partial charge in [0.2, 0.25) is 6.41 Å². The van der Waals surface area contributed by atoms with Crippen LogP contribution in [0.25, 0.3) is 0 Å². The molecule has 2 aromatic rings. The molecule has 0 fully saturated rings. The van der Waals surface area contributed by atoms with Gasteiger partial charge in [0.25, 0.3) is 0 Å². The molecule has 20 heavy (non-hydrogen) atoms. The number of hydrogen-bond acceptors (Lipinski definition) is 2. The third kappa shape index (κ3) is 2.93. The van der Waals surface area contributed by atoms with Gasteiger partial charge in [-0.05, 0) is 42.5 Å². The molecule has 102 valence electrons. The van der Waals surface area contributed by atoms with E-state index in [1.807, 2.05) is 0 Å². The smallest absolute Gasteiger partial charge is 0.213 e. The van der Waals surface area contributed by atoms with Gasteiger partial charge in [-0.15, -0.1) is 0 Å². The number of halogens is 2. The third-order valence-corrected chi connectivity index (χ3v) is 3.36. The lowest BCUT2D eigenvalue weighted by molar-refractivity contribution is -0.107. The van der Waals surface area contributed by atoms with Crippen molar-refractivity contribution in [2.75, 3.05) is 11.9 Å². The summed E-state index contributed by atoms with van der Waals surface area (Å²) in [6, 6.07) is 10.7. The zero-order chi connectivity index (χ0) is 14.7. The van der Waals surface area contributed by atoms with Gasteiger partial charge in [0, 0.05) is 22.8 Å². The molecule has 0 spiro atoms. The fraction of sp³-hybridized carbons (Fsp3) is 0.0667. The second kappa shape index (κ2) is 5.96. The molecule has 0 saturated carbocycles. The van der Waals surface area contributed by atoms with Crippen molar-refractivity contribution in [3.05, 3.63) is 63.9 Å². The first-order chi connectivity index (χ1) is 9.52. The molecule has 2 aromatic carbocycles. The zero-order valence-corrected chi connectivity index (χ0v) is 12.2. The summed E-state index contributed by atoms with van der Waals surface area (Å²) in [7, 11) is 1.61.